The largest absolute Gasteiger partial charge is 0.384 e. The van der Waals surface area contributed by atoms with Gasteiger partial charge in [0.2, 0.25) is 0 Å². The molecule has 0 aromatic heterocycles. The summed E-state index contributed by atoms with van der Waals surface area (Å²) < 4.78 is 13.8. The number of benzene rings is 2. The van der Waals surface area contributed by atoms with Crippen LogP contribution < -0.4 is 10.6 Å². The zero-order valence-corrected chi connectivity index (χ0v) is 10.9. The van der Waals surface area contributed by atoms with Crippen molar-refractivity contribution in [1.29, 1.82) is 5.41 Å². The van der Waals surface area contributed by atoms with Gasteiger partial charge in [0.1, 0.15) is 11.7 Å². The van der Waals surface area contributed by atoms with E-state index >= 15 is 0 Å². The minimum Gasteiger partial charge on any atom is -0.384 e. The fourth-order valence-electron chi connectivity index (χ4n) is 2.00. The molecular weight excluding hydrogens is 241 g/mol. The van der Waals surface area contributed by atoms with Crippen LogP contribution in [0.25, 0.3) is 0 Å². The van der Waals surface area contributed by atoms with Crippen molar-refractivity contribution in [3.05, 3.63) is 59.4 Å². The van der Waals surface area contributed by atoms with Crippen LogP contribution in [-0.2, 0) is 0 Å². The van der Waals surface area contributed by atoms with Crippen LogP contribution in [0.5, 0.6) is 0 Å². The fraction of sp³-hybridized carbons (Fsp3) is 0.133. The maximum Gasteiger partial charge on any atom is 0.146 e. The molecule has 0 aliphatic heterocycles. The average molecular weight is 257 g/mol. The number of aryl methyl sites for hydroxylation is 1. The molecule has 0 fully saturated rings. The van der Waals surface area contributed by atoms with Gasteiger partial charge in [0.15, 0.2) is 0 Å². The molecule has 0 heterocycles. The summed E-state index contributed by atoms with van der Waals surface area (Å²) in [6, 6.07) is 12.1. The number of nitrogens with zero attached hydrogens (tertiary/aromatic N) is 1. The predicted molar refractivity (Wildman–Crippen MR) is 76.7 cm³/mol. The van der Waals surface area contributed by atoms with Gasteiger partial charge >= 0.3 is 0 Å². The van der Waals surface area contributed by atoms with Crippen molar-refractivity contribution >= 4 is 17.2 Å². The number of amidine groups is 1. The quantitative estimate of drug-likeness (QED) is 0.655. The van der Waals surface area contributed by atoms with Crippen molar-refractivity contribution < 1.29 is 4.39 Å². The highest BCUT2D eigenvalue weighted by molar-refractivity contribution is 6.01. The van der Waals surface area contributed by atoms with Gasteiger partial charge in [-0.3, -0.25) is 5.41 Å². The van der Waals surface area contributed by atoms with E-state index in [9.17, 15) is 4.39 Å². The molecule has 4 heteroatoms. The average Bonchev–Trinajstić information content (AvgIpc) is 2.38. The second-order valence-corrected chi connectivity index (χ2v) is 4.44. The number of nitrogen functional groups attached to an aromatic ring is 1. The summed E-state index contributed by atoms with van der Waals surface area (Å²) in [5, 5.41) is 7.61. The van der Waals surface area contributed by atoms with Crippen LogP contribution in [0.15, 0.2) is 42.5 Å². The lowest BCUT2D eigenvalue weighted by Gasteiger charge is -2.23. The van der Waals surface area contributed by atoms with Crippen molar-refractivity contribution in [2.45, 2.75) is 6.92 Å². The summed E-state index contributed by atoms with van der Waals surface area (Å²) in [6.45, 7) is 1.95. The van der Waals surface area contributed by atoms with Crippen LogP contribution in [0.3, 0.4) is 0 Å². The van der Waals surface area contributed by atoms with Crippen LogP contribution in [0.1, 0.15) is 11.1 Å². The third kappa shape index (κ3) is 2.57. The summed E-state index contributed by atoms with van der Waals surface area (Å²) in [4.78, 5) is 1.71. The molecule has 98 valence electrons. The molecular formula is C15H16FN3. The number of anilines is 2. The number of nitrogens with two attached hydrogens (primary N) is 1. The Bertz CT molecular complexity index is 623. The van der Waals surface area contributed by atoms with Crippen molar-refractivity contribution in [3.8, 4) is 0 Å². The third-order valence-corrected chi connectivity index (χ3v) is 3.02. The van der Waals surface area contributed by atoms with Crippen molar-refractivity contribution in [3.63, 3.8) is 0 Å². The molecule has 2 aromatic rings. The van der Waals surface area contributed by atoms with E-state index < -0.39 is 0 Å². The van der Waals surface area contributed by atoms with Gasteiger partial charge in [-0.2, -0.15) is 0 Å². The highest BCUT2D eigenvalue weighted by Gasteiger charge is 2.14. The highest BCUT2D eigenvalue weighted by Crippen LogP contribution is 2.29. The first-order valence-corrected chi connectivity index (χ1v) is 5.94. The summed E-state index contributed by atoms with van der Waals surface area (Å²) in [5.74, 6) is -0.334. The van der Waals surface area contributed by atoms with Gasteiger partial charge in [-0.15, -0.1) is 0 Å². The fourth-order valence-corrected chi connectivity index (χ4v) is 2.00. The molecule has 0 amide bonds. The number of para-hydroxylation sites is 1. The Hall–Kier alpha value is -2.36. The maximum atomic E-state index is 13.8. The Morgan fingerprint density at radius 2 is 1.84 bits per heavy atom. The predicted octanol–water partition coefficient (Wildman–Crippen LogP) is 3.19. The molecule has 0 aliphatic carbocycles. The van der Waals surface area contributed by atoms with E-state index in [1.165, 1.54) is 6.07 Å². The van der Waals surface area contributed by atoms with Crippen molar-refractivity contribution in [1.82, 2.24) is 0 Å². The van der Waals surface area contributed by atoms with Crippen LogP contribution in [0.2, 0.25) is 0 Å². The minimum absolute atomic E-state index is 0.0295. The van der Waals surface area contributed by atoms with Crippen LogP contribution in [-0.4, -0.2) is 12.9 Å². The summed E-state index contributed by atoms with van der Waals surface area (Å²) in [7, 11) is 1.76. The smallest absolute Gasteiger partial charge is 0.146 e. The van der Waals surface area contributed by atoms with Crippen LogP contribution >= 0.6 is 0 Å². The Labute approximate surface area is 112 Å². The second-order valence-electron chi connectivity index (χ2n) is 4.44. The first kappa shape index (κ1) is 13.1. The first-order valence-electron chi connectivity index (χ1n) is 5.94. The van der Waals surface area contributed by atoms with Crippen molar-refractivity contribution in [2.24, 2.45) is 5.73 Å². The lowest BCUT2D eigenvalue weighted by atomic mass is 10.1. The van der Waals surface area contributed by atoms with Gasteiger partial charge in [0.25, 0.3) is 0 Å². The van der Waals surface area contributed by atoms with Gasteiger partial charge in [-0.1, -0.05) is 18.2 Å². The number of nitrogens with one attached hydrogen (secondary N) is 1. The van der Waals surface area contributed by atoms with E-state index in [2.05, 4.69) is 0 Å². The summed E-state index contributed by atoms with van der Waals surface area (Å²) in [5.41, 5.74) is 8.38. The van der Waals surface area contributed by atoms with E-state index in [0.717, 1.165) is 11.3 Å². The lowest BCUT2D eigenvalue weighted by molar-refractivity contribution is 0.627. The topological polar surface area (TPSA) is 53.1 Å². The number of halogens is 1. The minimum atomic E-state index is -0.305. The Balaban J connectivity index is 2.55. The molecule has 3 nitrogen and oxygen atoms in total. The molecule has 2 aromatic carbocycles. The molecule has 0 bridgehead atoms. The van der Waals surface area contributed by atoms with E-state index in [0.29, 0.717) is 11.3 Å². The summed E-state index contributed by atoms with van der Waals surface area (Å²) >= 11 is 0. The maximum absolute atomic E-state index is 13.8. The van der Waals surface area contributed by atoms with Gasteiger partial charge < -0.3 is 10.6 Å². The second kappa shape index (κ2) is 5.10. The standard InChI is InChI=1S/C15H16FN3/c1-10-7-8-11(15(17)18)14(9-10)19(2)13-6-4-3-5-12(13)16/h3-9H,1-2H3,(H3,17,18). The monoisotopic (exact) mass is 257 g/mol. The number of hydrogen-bond donors (Lipinski definition) is 2. The molecule has 0 saturated carbocycles. The molecule has 0 spiro atoms. The zero-order valence-electron chi connectivity index (χ0n) is 10.9. The Morgan fingerprint density at radius 1 is 1.16 bits per heavy atom. The molecule has 0 radical (unpaired) electrons. The van der Waals surface area contributed by atoms with Crippen LogP contribution in [0.4, 0.5) is 15.8 Å². The van der Waals surface area contributed by atoms with E-state index in [1.807, 2.05) is 19.1 Å². The molecule has 3 N–H and O–H groups in total. The summed E-state index contributed by atoms with van der Waals surface area (Å²) in [6.07, 6.45) is 0. The number of hydrogen-bond acceptors (Lipinski definition) is 2. The molecule has 0 unspecified atom stereocenters. The van der Waals surface area contributed by atoms with Crippen LogP contribution in [0, 0.1) is 18.2 Å². The third-order valence-electron chi connectivity index (χ3n) is 3.02. The Kier molecular flexibility index (Phi) is 3.51. The van der Waals surface area contributed by atoms with Gasteiger partial charge in [0, 0.05) is 12.6 Å². The molecule has 0 atom stereocenters. The SMILES string of the molecule is Cc1ccc(C(=N)N)c(N(C)c2ccccc2F)c1. The van der Waals surface area contributed by atoms with Gasteiger partial charge in [0.05, 0.1) is 11.4 Å². The zero-order chi connectivity index (χ0) is 14.0. The van der Waals surface area contributed by atoms with Crippen molar-refractivity contribution in [2.75, 3.05) is 11.9 Å². The van der Waals surface area contributed by atoms with Gasteiger partial charge in [-0.05, 0) is 36.8 Å². The Morgan fingerprint density at radius 3 is 2.47 bits per heavy atom. The van der Waals surface area contributed by atoms with E-state index in [1.54, 1.807) is 36.2 Å². The van der Waals surface area contributed by atoms with E-state index in [4.69, 9.17) is 11.1 Å². The number of rotatable bonds is 3. The molecule has 0 aliphatic rings. The molecule has 2 rings (SSSR count). The van der Waals surface area contributed by atoms with E-state index in [-0.39, 0.29) is 11.7 Å². The molecule has 19 heavy (non-hydrogen) atoms. The van der Waals surface area contributed by atoms with Gasteiger partial charge in [-0.25, -0.2) is 4.39 Å². The normalized spacial score (nSPS) is 10.3. The highest BCUT2D eigenvalue weighted by atomic mass is 19.1. The molecule has 0 saturated heterocycles. The lowest BCUT2D eigenvalue weighted by Crippen LogP contribution is -2.19. The first-order chi connectivity index (χ1) is 9.00.